The molecule has 0 aliphatic heterocycles. The molecular formula is C10H18N2O3S. The summed E-state index contributed by atoms with van der Waals surface area (Å²) >= 11 is 4.86. The van der Waals surface area contributed by atoms with Crippen LogP contribution in [0.15, 0.2) is 0 Å². The summed E-state index contributed by atoms with van der Waals surface area (Å²) in [5.41, 5.74) is 4.66. The maximum Gasteiger partial charge on any atom is 0.307 e. The van der Waals surface area contributed by atoms with Crippen LogP contribution in [0.3, 0.4) is 0 Å². The van der Waals surface area contributed by atoms with Crippen LogP contribution in [0, 0.1) is 5.41 Å². The van der Waals surface area contributed by atoms with Crippen molar-refractivity contribution in [1.82, 2.24) is 5.32 Å². The lowest BCUT2D eigenvalue weighted by Crippen LogP contribution is -2.47. The molecule has 16 heavy (non-hydrogen) atoms. The number of rotatable bonds is 6. The Morgan fingerprint density at radius 3 is 2.44 bits per heavy atom. The lowest BCUT2D eigenvalue weighted by atomic mass is 9.86. The molecule has 6 heteroatoms. The first kappa shape index (κ1) is 14.8. The second-order valence-corrected chi connectivity index (χ2v) is 4.07. The third kappa shape index (κ3) is 3.77. The summed E-state index contributed by atoms with van der Waals surface area (Å²) in [4.78, 5) is 22.8. The summed E-state index contributed by atoms with van der Waals surface area (Å²) in [6, 6.07) is 0. The molecule has 0 aromatic rings. The largest absolute Gasteiger partial charge is 0.469 e. The zero-order valence-electron chi connectivity index (χ0n) is 9.83. The van der Waals surface area contributed by atoms with Crippen LogP contribution in [-0.2, 0) is 14.3 Å². The maximum atomic E-state index is 11.8. The molecule has 1 unspecified atom stereocenters. The number of hydrogen-bond donors (Lipinski definition) is 2. The Morgan fingerprint density at radius 1 is 1.50 bits per heavy atom. The van der Waals surface area contributed by atoms with E-state index >= 15 is 0 Å². The summed E-state index contributed by atoms with van der Waals surface area (Å²) in [5, 5.41) is 2.61. The van der Waals surface area contributed by atoms with Crippen molar-refractivity contribution in [2.45, 2.75) is 26.7 Å². The van der Waals surface area contributed by atoms with Crippen LogP contribution in [0.5, 0.6) is 0 Å². The Bertz CT molecular complexity index is 294. The van der Waals surface area contributed by atoms with Crippen LogP contribution in [0.4, 0.5) is 0 Å². The predicted octanol–water partition coefficient (Wildman–Crippen LogP) is 0.368. The van der Waals surface area contributed by atoms with Gasteiger partial charge in [-0.25, -0.2) is 0 Å². The molecule has 0 aromatic heterocycles. The summed E-state index contributed by atoms with van der Waals surface area (Å²) in [6.45, 7) is 3.74. The van der Waals surface area contributed by atoms with E-state index in [0.29, 0.717) is 6.42 Å². The Labute approximate surface area is 101 Å². The third-order valence-electron chi connectivity index (χ3n) is 2.59. The summed E-state index contributed by atoms with van der Waals surface area (Å²) in [6.07, 6.45) is 0.658. The Balaban J connectivity index is 4.24. The molecule has 0 heterocycles. The fourth-order valence-electron chi connectivity index (χ4n) is 1.02. The van der Waals surface area contributed by atoms with Crippen LogP contribution >= 0.6 is 12.2 Å². The van der Waals surface area contributed by atoms with Gasteiger partial charge in [0.1, 0.15) is 0 Å². The molecule has 3 N–H and O–H groups in total. The first-order valence-corrected chi connectivity index (χ1v) is 5.44. The Morgan fingerprint density at radius 2 is 2.06 bits per heavy atom. The zero-order valence-corrected chi connectivity index (χ0v) is 10.6. The van der Waals surface area contributed by atoms with E-state index in [1.54, 1.807) is 6.92 Å². The monoisotopic (exact) mass is 246 g/mol. The highest BCUT2D eigenvalue weighted by Gasteiger charge is 2.34. The fraction of sp³-hybridized carbons (Fsp3) is 0.700. The van der Waals surface area contributed by atoms with E-state index in [1.807, 2.05) is 6.92 Å². The van der Waals surface area contributed by atoms with Crippen molar-refractivity contribution in [3.8, 4) is 0 Å². The molecule has 1 atom stereocenters. The molecule has 1 amide bonds. The van der Waals surface area contributed by atoms with Crippen molar-refractivity contribution in [3.63, 3.8) is 0 Å². The van der Waals surface area contributed by atoms with Gasteiger partial charge >= 0.3 is 5.97 Å². The quantitative estimate of drug-likeness (QED) is 0.522. The Kier molecular flexibility index (Phi) is 5.95. The molecule has 0 radical (unpaired) electrons. The first-order valence-electron chi connectivity index (χ1n) is 5.03. The second kappa shape index (κ2) is 6.42. The summed E-state index contributed by atoms with van der Waals surface area (Å²) in [7, 11) is 1.30. The van der Waals surface area contributed by atoms with Gasteiger partial charge < -0.3 is 15.8 Å². The second-order valence-electron chi connectivity index (χ2n) is 3.63. The number of nitrogens with two attached hydrogens (primary N) is 1. The van der Waals surface area contributed by atoms with E-state index in [4.69, 9.17) is 18.0 Å². The van der Waals surface area contributed by atoms with Gasteiger partial charge in [0.15, 0.2) is 0 Å². The van der Waals surface area contributed by atoms with Crippen molar-refractivity contribution in [2.24, 2.45) is 11.1 Å². The van der Waals surface area contributed by atoms with Crippen LogP contribution in [0.25, 0.3) is 0 Å². The average Bonchev–Trinajstić information content (AvgIpc) is 2.26. The van der Waals surface area contributed by atoms with Gasteiger partial charge in [-0.3, -0.25) is 9.59 Å². The van der Waals surface area contributed by atoms with Crippen LogP contribution < -0.4 is 11.1 Å². The number of methoxy groups -OCH3 is 1. The van der Waals surface area contributed by atoms with Crippen molar-refractivity contribution >= 4 is 29.1 Å². The molecular weight excluding hydrogens is 228 g/mol. The van der Waals surface area contributed by atoms with Crippen molar-refractivity contribution in [2.75, 3.05) is 13.7 Å². The van der Waals surface area contributed by atoms with Gasteiger partial charge in [-0.2, -0.15) is 0 Å². The van der Waals surface area contributed by atoms with E-state index in [-0.39, 0.29) is 29.8 Å². The van der Waals surface area contributed by atoms with Crippen LogP contribution in [0.1, 0.15) is 26.7 Å². The highest BCUT2D eigenvalue weighted by Crippen LogP contribution is 2.21. The number of amides is 1. The standard InChI is InChI=1S/C10H18N2O3S/c1-4-10(2,8(11)16)9(14)12-6-5-7(13)15-3/h4-6H2,1-3H3,(H2,11,16)(H,12,14). The lowest BCUT2D eigenvalue weighted by molar-refractivity contribution is -0.140. The highest BCUT2D eigenvalue weighted by atomic mass is 32.1. The molecule has 0 bridgehead atoms. The smallest absolute Gasteiger partial charge is 0.307 e. The lowest BCUT2D eigenvalue weighted by Gasteiger charge is -2.25. The van der Waals surface area contributed by atoms with Gasteiger partial charge in [0.2, 0.25) is 5.91 Å². The highest BCUT2D eigenvalue weighted by molar-refractivity contribution is 7.80. The first-order chi connectivity index (χ1) is 7.38. The van der Waals surface area contributed by atoms with Crippen molar-refractivity contribution < 1.29 is 14.3 Å². The Hall–Kier alpha value is -1.17. The third-order valence-corrected chi connectivity index (χ3v) is 3.04. The summed E-state index contributed by atoms with van der Waals surface area (Å²) < 4.78 is 4.45. The minimum Gasteiger partial charge on any atom is -0.469 e. The van der Waals surface area contributed by atoms with Crippen LogP contribution in [-0.4, -0.2) is 30.5 Å². The molecule has 0 spiro atoms. The number of esters is 1. The molecule has 0 aliphatic carbocycles. The van der Waals surface area contributed by atoms with Crippen molar-refractivity contribution in [3.05, 3.63) is 0 Å². The van der Waals surface area contributed by atoms with Gasteiger partial charge in [-0.15, -0.1) is 0 Å². The zero-order chi connectivity index (χ0) is 12.8. The molecule has 0 aliphatic rings. The maximum absolute atomic E-state index is 11.8. The van der Waals surface area contributed by atoms with E-state index in [1.165, 1.54) is 7.11 Å². The van der Waals surface area contributed by atoms with Gasteiger partial charge in [0.05, 0.1) is 23.9 Å². The number of nitrogens with one attached hydrogen (secondary N) is 1. The van der Waals surface area contributed by atoms with Crippen molar-refractivity contribution in [1.29, 1.82) is 0 Å². The fourth-order valence-corrected chi connectivity index (χ4v) is 1.26. The number of hydrogen-bond acceptors (Lipinski definition) is 4. The van der Waals surface area contributed by atoms with Gasteiger partial charge in [0, 0.05) is 6.54 Å². The van der Waals surface area contributed by atoms with E-state index in [2.05, 4.69) is 10.1 Å². The molecule has 0 saturated heterocycles. The van der Waals surface area contributed by atoms with Gasteiger partial charge in [0.25, 0.3) is 0 Å². The average molecular weight is 246 g/mol. The number of carbonyl (C=O) groups excluding carboxylic acids is 2. The normalized spacial score (nSPS) is 13.7. The molecule has 0 saturated carbocycles. The summed E-state index contributed by atoms with van der Waals surface area (Å²) in [5.74, 6) is -0.625. The van der Waals surface area contributed by atoms with E-state index in [9.17, 15) is 9.59 Å². The molecule has 5 nitrogen and oxygen atoms in total. The molecule has 0 aromatic carbocycles. The topological polar surface area (TPSA) is 81.4 Å². The minimum absolute atomic E-state index is 0.138. The number of carbonyl (C=O) groups is 2. The van der Waals surface area contributed by atoms with Crippen LogP contribution in [0.2, 0.25) is 0 Å². The number of thiocarbonyl (C=S) groups is 1. The van der Waals surface area contributed by atoms with E-state index in [0.717, 1.165) is 0 Å². The minimum atomic E-state index is -0.856. The number of ether oxygens (including phenoxy) is 1. The van der Waals surface area contributed by atoms with Gasteiger partial charge in [-0.05, 0) is 13.3 Å². The predicted molar refractivity (Wildman–Crippen MR) is 64.8 cm³/mol. The van der Waals surface area contributed by atoms with Gasteiger partial charge in [-0.1, -0.05) is 19.1 Å². The SMILES string of the molecule is CCC(C)(C(=O)NCCC(=O)OC)C(N)=S. The van der Waals surface area contributed by atoms with E-state index < -0.39 is 5.41 Å². The molecule has 0 fully saturated rings. The molecule has 0 rings (SSSR count). The molecule has 92 valence electrons.